The van der Waals surface area contributed by atoms with Crippen LogP contribution < -0.4 is 5.32 Å². The number of methoxy groups -OCH3 is 1. The van der Waals surface area contributed by atoms with E-state index in [0.717, 1.165) is 0 Å². The Morgan fingerprint density at radius 3 is 2.22 bits per heavy atom. The second-order valence-corrected chi connectivity index (χ2v) is 4.44. The molecule has 0 bridgehead atoms. The predicted molar refractivity (Wildman–Crippen MR) is 68.6 cm³/mol. The summed E-state index contributed by atoms with van der Waals surface area (Å²) in [7, 11) is 3.18. The minimum Gasteiger partial charge on any atom is -0.480 e. The number of hydrogen-bond donors (Lipinski definition) is 2. The molecule has 0 aromatic rings. The Labute approximate surface area is 108 Å². The van der Waals surface area contributed by atoms with Crippen molar-refractivity contribution >= 4 is 12.0 Å². The summed E-state index contributed by atoms with van der Waals surface area (Å²) in [6.07, 6.45) is 0.689. The van der Waals surface area contributed by atoms with Gasteiger partial charge in [-0.15, -0.1) is 0 Å². The lowest BCUT2D eigenvalue weighted by Crippen LogP contribution is -2.58. The molecule has 0 aliphatic heterocycles. The van der Waals surface area contributed by atoms with Gasteiger partial charge in [-0.1, -0.05) is 13.8 Å². The molecule has 0 saturated heterocycles. The summed E-state index contributed by atoms with van der Waals surface area (Å²) in [6.45, 7) is 5.73. The Kier molecular flexibility index (Phi) is 6.68. The third-order valence-corrected chi connectivity index (χ3v) is 3.35. The van der Waals surface area contributed by atoms with Gasteiger partial charge >= 0.3 is 12.0 Å². The van der Waals surface area contributed by atoms with Crippen molar-refractivity contribution in [2.45, 2.75) is 45.2 Å². The number of aliphatic carboxylic acids is 1. The van der Waals surface area contributed by atoms with Crippen LogP contribution in [0.15, 0.2) is 0 Å². The van der Waals surface area contributed by atoms with Crippen molar-refractivity contribution in [3.8, 4) is 0 Å². The van der Waals surface area contributed by atoms with Crippen molar-refractivity contribution < 1.29 is 19.4 Å². The Balaban J connectivity index is 4.75. The van der Waals surface area contributed by atoms with Gasteiger partial charge in [0, 0.05) is 14.2 Å². The number of nitrogens with one attached hydrogen (secondary N) is 1. The van der Waals surface area contributed by atoms with Crippen LogP contribution in [0.4, 0.5) is 4.79 Å². The summed E-state index contributed by atoms with van der Waals surface area (Å²) in [5.74, 6) is -1.01. The van der Waals surface area contributed by atoms with Gasteiger partial charge < -0.3 is 20.1 Å². The molecule has 0 spiro atoms. The molecule has 1 atom stereocenters. The van der Waals surface area contributed by atoms with Crippen LogP contribution in [0.3, 0.4) is 0 Å². The second-order valence-electron chi connectivity index (χ2n) is 4.44. The van der Waals surface area contributed by atoms with Crippen molar-refractivity contribution in [2.75, 3.05) is 20.8 Å². The number of carboxylic acids is 1. The SMILES string of the molecule is CCC(CC)(NC(=O)N(C)C(C)COC)C(=O)O. The van der Waals surface area contributed by atoms with Crippen LogP contribution in [0.2, 0.25) is 0 Å². The molecule has 106 valence electrons. The van der Waals surface area contributed by atoms with Gasteiger partial charge in [0.05, 0.1) is 12.6 Å². The predicted octanol–water partition coefficient (Wildman–Crippen LogP) is 1.31. The lowest BCUT2D eigenvalue weighted by Gasteiger charge is -2.32. The first-order chi connectivity index (χ1) is 8.34. The molecule has 6 nitrogen and oxygen atoms in total. The maximum absolute atomic E-state index is 12.0. The first kappa shape index (κ1) is 16.7. The Morgan fingerprint density at radius 1 is 1.39 bits per heavy atom. The third-order valence-electron chi connectivity index (χ3n) is 3.35. The zero-order valence-corrected chi connectivity index (χ0v) is 11.8. The van der Waals surface area contributed by atoms with Crippen LogP contribution in [0.25, 0.3) is 0 Å². The van der Waals surface area contributed by atoms with E-state index < -0.39 is 17.5 Å². The molecule has 0 fully saturated rings. The van der Waals surface area contributed by atoms with E-state index >= 15 is 0 Å². The molecule has 0 aromatic heterocycles. The largest absolute Gasteiger partial charge is 0.480 e. The highest BCUT2D eigenvalue weighted by molar-refractivity contribution is 5.86. The van der Waals surface area contributed by atoms with E-state index in [1.165, 1.54) is 4.90 Å². The zero-order valence-electron chi connectivity index (χ0n) is 11.8. The van der Waals surface area contributed by atoms with E-state index in [2.05, 4.69) is 5.32 Å². The summed E-state index contributed by atoms with van der Waals surface area (Å²) in [6, 6.07) is -0.513. The topological polar surface area (TPSA) is 78.9 Å². The monoisotopic (exact) mass is 260 g/mol. The van der Waals surface area contributed by atoms with E-state index in [4.69, 9.17) is 4.74 Å². The average Bonchev–Trinajstić information content (AvgIpc) is 2.34. The Morgan fingerprint density at radius 2 is 1.89 bits per heavy atom. The molecule has 0 aliphatic carbocycles. The number of rotatable bonds is 7. The molecular formula is C12H24N2O4. The highest BCUT2D eigenvalue weighted by Crippen LogP contribution is 2.16. The number of carbonyl (C=O) groups is 2. The maximum Gasteiger partial charge on any atom is 0.329 e. The van der Waals surface area contributed by atoms with Crippen LogP contribution in [0.5, 0.6) is 0 Å². The second kappa shape index (κ2) is 7.20. The molecule has 0 aromatic carbocycles. The summed E-state index contributed by atoms with van der Waals surface area (Å²) < 4.78 is 4.97. The zero-order chi connectivity index (χ0) is 14.3. The molecule has 6 heteroatoms. The number of urea groups is 1. The van der Waals surface area contributed by atoms with E-state index in [-0.39, 0.29) is 6.04 Å². The van der Waals surface area contributed by atoms with Crippen LogP contribution in [-0.4, -0.2) is 54.4 Å². The van der Waals surface area contributed by atoms with E-state index in [1.807, 2.05) is 6.92 Å². The quantitative estimate of drug-likeness (QED) is 0.723. The molecule has 0 heterocycles. The van der Waals surface area contributed by atoms with Crippen molar-refractivity contribution in [3.05, 3.63) is 0 Å². The number of nitrogens with zero attached hydrogens (tertiary/aromatic N) is 1. The highest BCUT2D eigenvalue weighted by atomic mass is 16.5. The van der Waals surface area contributed by atoms with E-state index in [9.17, 15) is 14.7 Å². The van der Waals surface area contributed by atoms with Gasteiger partial charge in [0.15, 0.2) is 0 Å². The number of amides is 2. The maximum atomic E-state index is 12.0. The van der Waals surface area contributed by atoms with E-state index in [1.54, 1.807) is 28.0 Å². The molecule has 0 rings (SSSR count). The molecule has 2 amide bonds. The normalized spacial score (nSPS) is 12.9. The smallest absolute Gasteiger partial charge is 0.329 e. The molecule has 0 radical (unpaired) electrons. The first-order valence-electron chi connectivity index (χ1n) is 6.11. The van der Waals surface area contributed by atoms with Gasteiger partial charge in [0.1, 0.15) is 5.54 Å². The number of carboxylic acid groups (broad SMARTS) is 1. The van der Waals surface area contributed by atoms with Crippen molar-refractivity contribution in [2.24, 2.45) is 0 Å². The average molecular weight is 260 g/mol. The minimum atomic E-state index is -1.20. The summed E-state index contributed by atoms with van der Waals surface area (Å²) in [4.78, 5) is 24.7. The van der Waals surface area contributed by atoms with Crippen LogP contribution in [0, 0.1) is 0 Å². The number of likely N-dealkylation sites (N-methyl/N-ethyl adjacent to an activating group) is 1. The van der Waals surface area contributed by atoms with Gasteiger partial charge in [-0.05, 0) is 19.8 Å². The Bertz CT molecular complexity index is 290. The third kappa shape index (κ3) is 3.87. The molecular weight excluding hydrogens is 236 g/mol. The molecule has 2 N–H and O–H groups in total. The van der Waals surface area contributed by atoms with Crippen LogP contribution >= 0.6 is 0 Å². The standard InChI is InChI=1S/C12H24N2O4/c1-6-12(7-2,10(15)16)13-11(17)14(4)9(3)8-18-5/h9H,6-8H2,1-5H3,(H,13,17)(H,15,16). The lowest BCUT2D eigenvalue weighted by atomic mass is 9.93. The van der Waals surface area contributed by atoms with Gasteiger partial charge in [-0.2, -0.15) is 0 Å². The lowest BCUT2D eigenvalue weighted by molar-refractivity contribution is -0.144. The summed E-state index contributed by atoms with van der Waals surface area (Å²) >= 11 is 0. The fourth-order valence-corrected chi connectivity index (χ4v) is 1.63. The van der Waals surface area contributed by atoms with Crippen molar-refractivity contribution in [1.29, 1.82) is 0 Å². The number of carbonyl (C=O) groups excluding carboxylic acids is 1. The van der Waals surface area contributed by atoms with E-state index in [0.29, 0.717) is 19.4 Å². The number of ether oxygens (including phenoxy) is 1. The number of hydrogen-bond acceptors (Lipinski definition) is 3. The Hall–Kier alpha value is -1.30. The van der Waals surface area contributed by atoms with Crippen molar-refractivity contribution in [3.63, 3.8) is 0 Å². The van der Waals surface area contributed by atoms with Crippen LogP contribution in [-0.2, 0) is 9.53 Å². The molecule has 1 unspecified atom stereocenters. The highest BCUT2D eigenvalue weighted by Gasteiger charge is 2.37. The van der Waals surface area contributed by atoms with Gasteiger partial charge in [-0.25, -0.2) is 9.59 Å². The minimum absolute atomic E-state index is 0.116. The molecule has 18 heavy (non-hydrogen) atoms. The molecule has 0 aliphatic rings. The van der Waals surface area contributed by atoms with Crippen molar-refractivity contribution in [1.82, 2.24) is 10.2 Å². The van der Waals surface area contributed by atoms with Gasteiger partial charge in [0.25, 0.3) is 0 Å². The van der Waals surface area contributed by atoms with Gasteiger partial charge in [-0.3, -0.25) is 0 Å². The summed E-state index contributed by atoms with van der Waals surface area (Å²) in [5, 5.41) is 11.8. The summed E-state index contributed by atoms with van der Waals surface area (Å²) in [5.41, 5.74) is -1.20. The fourth-order valence-electron chi connectivity index (χ4n) is 1.63. The van der Waals surface area contributed by atoms with Gasteiger partial charge in [0.2, 0.25) is 0 Å². The fraction of sp³-hybridized carbons (Fsp3) is 0.833. The molecule has 0 saturated carbocycles. The van der Waals surface area contributed by atoms with Crippen LogP contribution in [0.1, 0.15) is 33.6 Å². The first-order valence-corrected chi connectivity index (χ1v) is 6.11.